The Kier molecular flexibility index (Phi) is 6.13. The first-order valence-corrected chi connectivity index (χ1v) is 7.46. The summed E-state index contributed by atoms with van der Waals surface area (Å²) < 4.78 is 15.3. The van der Waals surface area contributed by atoms with Crippen molar-refractivity contribution in [2.24, 2.45) is 0 Å². The van der Waals surface area contributed by atoms with E-state index in [0.29, 0.717) is 0 Å². The standard InChI is InChI=1S/C13H22O12/c14-1-5-7(18)8(19)9(20)11(23-5)25-13(4-17)12(22,3-16)10(21)6(2-15)24-13/h3,5-11,14-15,17-22H,1-2,4H2/t5-,6-,7-,8+,9-,10-,11-,12+,13+/m1/s1. The molecule has 0 radical (unpaired) electrons. The second kappa shape index (κ2) is 7.46. The van der Waals surface area contributed by atoms with E-state index >= 15 is 0 Å². The molecular formula is C13H22O12. The van der Waals surface area contributed by atoms with E-state index in [1.165, 1.54) is 0 Å². The predicted octanol–water partition coefficient (Wildman–Crippen LogP) is -5.83. The summed E-state index contributed by atoms with van der Waals surface area (Å²) in [7, 11) is 0. The van der Waals surface area contributed by atoms with Crippen LogP contribution in [0.15, 0.2) is 0 Å². The number of hydrogen-bond acceptors (Lipinski definition) is 12. The van der Waals surface area contributed by atoms with Gasteiger partial charge in [0.15, 0.2) is 12.6 Å². The normalized spacial score (nSPS) is 50.8. The molecule has 2 aliphatic heterocycles. The first kappa shape index (κ1) is 20.5. The van der Waals surface area contributed by atoms with Crippen LogP contribution in [0.1, 0.15) is 0 Å². The topological polar surface area (TPSA) is 207 Å². The minimum Gasteiger partial charge on any atom is -0.394 e. The summed E-state index contributed by atoms with van der Waals surface area (Å²) in [4.78, 5) is 11.3. The third kappa shape index (κ3) is 3.09. The first-order valence-electron chi connectivity index (χ1n) is 7.46. The highest BCUT2D eigenvalue weighted by Gasteiger charge is 2.68. The Bertz CT molecular complexity index is 474. The summed E-state index contributed by atoms with van der Waals surface area (Å²) in [6.45, 7) is -2.81. The van der Waals surface area contributed by atoms with Gasteiger partial charge in [-0.2, -0.15) is 0 Å². The molecule has 8 N–H and O–H groups in total. The molecule has 0 spiro atoms. The van der Waals surface area contributed by atoms with Crippen LogP contribution in [-0.4, -0.2) is 121 Å². The number of rotatable bonds is 6. The highest BCUT2D eigenvalue weighted by molar-refractivity contribution is 5.66. The summed E-state index contributed by atoms with van der Waals surface area (Å²) in [5, 5.41) is 77.7. The number of hydrogen-bond donors (Lipinski definition) is 8. The van der Waals surface area contributed by atoms with Crippen molar-refractivity contribution in [1.29, 1.82) is 0 Å². The predicted molar refractivity (Wildman–Crippen MR) is 73.6 cm³/mol. The van der Waals surface area contributed by atoms with Gasteiger partial charge < -0.3 is 55.1 Å². The van der Waals surface area contributed by atoms with Gasteiger partial charge in [-0.3, -0.25) is 4.79 Å². The molecule has 2 fully saturated rings. The zero-order valence-electron chi connectivity index (χ0n) is 13.0. The van der Waals surface area contributed by atoms with E-state index in [-0.39, 0.29) is 6.29 Å². The lowest BCUT2D eigenvalue weighted by molar-refractivity contribution is -0.391. The van der Waals surface area contributed by atoms with E-state index in [9.17, 15) is 40.5 Å². The fourth-order valence-electron chi connectivity index (χ4n) is 2.88. The molecule has 0 aliphatic carbocycles. The summed E-state index contributed by atoms with van der Waals surface area (Å²) in [5.74, 6) is -2.64. The van der Waals surface area contributed by atoms with Gasteiger partial charge in [0, 0.05) is 0 Å². The minimum atomic E-state index is -2.84. The molecule has 12 heteroatoms. The van der Waals surface area contributed by atoms with E-state index in [1.54, 1.807) is 0 Å². The van der Waals surface area contributed by atoms with Gasteiger partial charge in [0.2, 0.25) is 11.4 Å². The molecule has 0 saturated carbocycles. The number of aliphatic hydroxyl groups excluding tert-OH is 7. The van der Waals surface area contributed by atoms with Gasteiger partial charge in [0.05, 0.1) is 13.2 Å². The van der Waals surface area contributed by atoms with Crippen molar-refractivity contribution >= 4 is 6.29 Å². The Morgan fingerprint density at radius 2 is 1.56 bits per heavy atom. The molecular weight excluding hydrogens is 348 g/mol. The van der Waals surface area contributed by atoms with Crippen LogP contribution >= 0.6 is 0 Å². The molecule has 2 saturated heterocycles. The van der Waals surface area contributed by atoms with Crippen molar-refractivity contribution in [2.75, 3.05) is 19.8 Å². The van der Waals surface area contributed by atoms with Crippen molar-refractivity contribution in [3.8, 4) is 0 Å². The fraction of sp³-hybridized carbons (Fsp3) is 0.923. The van der Waals surface area contributed by atoms with Crippen molar-refractivity contribution in [3.63, 3.8) is 0 Å². The number of carbonyl (C=O) groups excluding carboxylic acids is 1. The average molecular weight is 370 g/mol. The van der Waals surface area contributed by atoms with Crippen molar-refractivity contribution in [3.05, 3.63) is 0 Å². The molecule has 0 unspecified atom stereocenters. The number of aliphatic hydroxyl groups is 8. The van der Waals surface area contributed by atoms with E-state index in [4.69, 9.17) is 19.3 Å². The summed E-state index contributed by atoms with van der Waals surface area (Å²) >= 11 is 0. The fourth-order valence-corrected chi connectivity index (χ4v) is 2.88. The molecule has 12 nitrogen and oxygen atoms in total. The zero-order valence-corrected chi connectivity index (χ0v) is 13.0. The molecule has 0 bridgehead atoms. The third-order valence-electron chi connectivity index (χ3n) is 4.48. The monoisotopic (exact) mass is 370 g/mol. The van der Waals surface area contributed by atoms with Gasteiger partial charge in [0.25, 0.3) is 0 Å². The number of carbonyl (C=O) groups is 1. The van der Waals surface area contributed by atoms with Crippen LogP contribution in [0.5, 0.6) is 0 Å². The summed E-state index contributed by atoms with van der Waals surface area (Å²) in [5.41, 5.74) is -2.84. The third-order valence-corrected chi connectivity index (χ3v) is 4.48. The maximum absolute atomic E-state index is 11.3. The average Bonchev–Trinajstić information content (AvgIpc) is 2.84. The van der Waals surface area contributed by atoms with Gasteiger partial charge in [0.1, 0.15) is 43.2 Å². The van der Waals surface area contributed by atoms with Crippen LogP contribution in [0.3, 0.4) is 0 Å². The van der Waals surface area contributed by atoms with Gasteiger partial charge in [-0.1, -0.05) is 0 Å². The Balaban J connectivity index is 2.32. The highest BCUT2D eigenvalue weighted by atomic mass is 16.8. The largest absolute Gasteiger partial charge is 0.394 e. The molecule has 2 heterocycles. The van der Waals surface area contributed by atoms with E-state index in [2.05, 4.69) is 0 Å². The molecule has 2 rings (SSSR count). The maximum atomic E-state index is 11.3. The van der Waals surface area contributed by atoms with Crippen LogP contribution in [-0.2, 0) is 19.0 Å². The van der Waals surface area contributed by atoms with Crippen LogP contribution < -0.4 is 0 Å². The second-order valence-corrected chi connectivity index (χ2v) is 5.95. The lowest BCUT2D eigenvalue weighted by Crippen LogP contribution is -2.66. The zero-order chi connectivity index (χ0) is 19.0. The van der Waals surface area contributed by atoms with Gasteiger partial charge in [-0.05, 0) is 0 Å². The van der Waals surface area contributed by atoms with Gasteiger partial charge in [-0.25, -0.2) is 0 Å². The van der Waals surface area contributed by atoms with Crippen molar-refractivity contribution in [2.45, 2.75) is 54.3 Å². The Morgan fingerprint density at radius 3 is 2.04 bits per heavy atom. The van der Waals surface area contributed by atoms with Crippen LogP contribution in [0.25, 0.3) is 0 Å². The number of aldehydes is 1. The Morgan fingerprint density at radius 1 is 0.960 bits per heavy atom. The van der Waals surface area contributed by atoms with Crippen LogP contribution in [0, 0.1) is 0 Å². The lowest BCUT2D eigenvalue weighted by atomic mass is 9.89. The summed E-state index contributed by atoms with van der Waals surface area (Å²) in [6, 6.07) is 0. The SMILES string of the molecule is O=C[C@]1(O)[C@H](O)[C@@H](CO)O[C@@]1(CO)O[C@H]1O[C@H](CO)[C@@H](O)[C@H](O)[C@H]1O. The molecule has 0 aromatic heterocycles. The Hall–Kier alpha value is -0.770. The van der Waals surface area contributed by atoms with Crippen LogP contribution in [0.4, 0.5) is 0 Å². The molecule has 0 aromatic carbocycles. The lowest BCUT2D eigenvalue weighted by Gasteiger charge is -2.44. The molecule has 146 valence electrons. The van der Waals surface area contributed by atoms with E-state index in [1.807, 2.05) is 0 Å². The molecule has 25 heavy (non-hydrogen) atoms. The van der Waals surface area contributed by atoms with Crippen molar-refractivity contribution in [1.82, 2.24) is 0 Å². The molecule has 9 atom stereocenters. The second-order valence-electron chi connectivity index (χ2n) is 5.95. The summed E-state index contributed by atoms with van der Waals surface area (Å²) in [6.07, 6.45) is -12.3. The van der Waals surface area contributed by atoms with E-state index in [0.717, 1.165) is 0 Å². The van der Waals surface area contributed by atoms with Gasteiger partial charge >= 0.3 is 0 Å². The molecule has 2 aliphatic rings. The smallest absolute Gasteiger partial charge is 0.234 e. The van der Waals surface area contributed by atoms with Gasteiger partial charge in [-0.15, -0.1) is 0 Å². The van der Waals surface area contributed by atoms with Crippen LogP contribution in [0.2, 0.25) is 0 Å². The maximum Gasteiger partial charge on any atom is 0.234 e. The first-order chi connectivity index (χ1) is 11.7. The Labute approximate surface area is 141 Å². The van der Waals surface area contributed by atoms with E-state index < -0.39 is 74.1 Å². The number of ether oxygens (including phenoxy) is 3. The van der Waals surface area contributed by atoms with Crippen molar-refractivity contribution < 1.29 is 59.9 Å². The highest BCUT2D eigenvalue weighted by Crippen LogP contribution is 2.41. The molecule has 0 amide bonds. The minimum absolute atomic E-state index is 0.159. The quantitative estimate of drug-likeness (QED) is 0.206. The molecule has 0 aromatic rings.